The molecule has 0 radical (unpaired) electrons. The molecule has 2 unspecified atom stereocenters. The minimum atomic E-state index is -0.466. The number of amides is 1. The fraction of sp³-hybridized carbons (Fsp3) is 0.933. The average molecular weight is 267 g/mol. The Labute approximate surface area is 117 Å². The summed E-state index contributed by atoms with van der Waals surface area (Å²) in [4.78, 5) is 14.3. The number of rotatable bonds is 3. The van der Waals surface area contributed by atoms with Crippen LogP contribution >= 0.6 is 0 Å². The minimum absolute atomic E-state index is 0.187. The summed E-state index contributed by atoms with van der Waals surface area (Å²) in [5.74, 6) is -0.187. The lowest BCUT2D eigenvalue weighted by molar-refractivity contribution is -0.124. The van der Waals surface area contributed by atoms with Crippen LogP contribution in [0.1, 0.15) is 52.4 Å². The van der Waals surface area contributed by atoms with Crippen molar-refractivity contribution >= 4 is 5.91 Å². The molecular weight excluding hydrogens is 238 g/mol. The van der Waals surface area contributed by atoms with E-state index in [1.165, 1.54) is 25.8 Å². The molecule has 19 heavy (non-hydrogen) atoms. The molecule has 110 valence electrons. The molecule has 1 saturated carbocycles. The van der Waals surface area contributed by atoms with Gasteiger partial charge in [0.1, 0.15) is 0 Å². The first-order chi connectivity index (χ1) is 8.88. The quantitative estimate of drug-likeness (QED) is 0.814. The Kier molecular flexibility index (Phi) is 4.21. The lowest BCUT2D eigenvalue weighted by Crippen LogP contribution is -2.53. The molecule has 1 amide bonds. The topological polar surface area (TPSA) is 58.4 Å². The van der Waals surface area contributed by atoms with Gasteiger partial charge < -0.3 is 16.0 Å². The summed E-state index contributed by atoms with van der Waals surface area (Å²) in [6.45, 7) is 7.07. The molecule has 2 aliphatic rings. The number of primary amides is 1. The monoisotopic (exact) mass is 267 g/mol. The number of nitrogens with zero attached hydrogens (tertiary/aromatic N) is 1. The van der Waals surface area contributed by atoms with Crippen LogP contribution in [-0.4, -0.2) is 42.5 Å². The van der Waals surface area contributed by atoms with Gasteiger partial charge in [-0.2, -0.15) is 0 Å². The second-order valence-corrected chi connectivity index (χ2v) is 7.15. The van der Waals surface area contributed by atoms with E-state index in [9.17, 15) is 4.79 Å². The van der Waals surface area contributed by atoms with Crippen LogP contribution in [0.25, 0.3) is 0 Å². The number of carbonyl (C=O) groups excluding carboxylic acids is 1. The summed E-state index contributed by atoms with van der Waals surface area (Å²) in [7, 11) is 1.86. The highest BCUT2D eigenvalue weighted by molar-refractivity contribution is 5.85. The van der Waals surface area contributed by atoms with Gasteiger partial charge in [0, 0.05) is 6.04 Å². The first kappa shape index (κ1) is 14.8. The Balaban J connectivity index is 1.99. The molecule has 2 atom stereocenters. The largest absolute Gasteiger partial charge is 0.368 e. The first-order valence-corrected chi connectivity index (χ1v) is 7.61. The van der Waals surface area contributed by atoms with E-state index in [2.05, 4.69) is 24.1 Å². The third kappa shape index (κ3) is 3.11. The van der Waals surface area contributed by atoms with Crippen molar-refractivity contribution in [2.75, 3.05) is 20.1 Å². The van der Waals surface area contributed by atoms with Gasteiger partial charge in [-0.3, -0.25) is 4.79 Å². The van der Waals surface area contributed by atoms with Gasteiger partial charge in [0.2, 0.25) is 5.91 Å². The second kappa shape index (κ2) is 5.41. The molecule has 4 heteroatoms. The molecule has 0 aromatic heterocycles. The lowest BCUT2D eigenvalue weighted by atomic mass is 9.85. The van der Waals surface area contributed by atoms with Crippen molar-refractivity contribution in [1.29, 1.82) is 0 Å². The van der Waals surface area contributed by atoms with Crippen molar-refractivity contribution in [3.63, 3.8) is 0 Å². The standard InChI is InChI=1S/C15H29N3O/c1-14(2)6-4-9-18(10-8-14)12-5-7-15(11-12,17-3)13(16)19/h12,17H,4-11H2,1-3H3,(H2,16,19). The molecule has 1 saturated heterocycles. The van der Waals surface area contributed by atoms with E-state index in [4.69, 9.17) is 5.73 Å². The van der Waals surface area contributed by atoms with Gasteiger partial charge >= 0.3 is 0 Å². The van der Waals surface area contributed by atoms with Crippen molar-refractivity contribution in [2.24, 2.45) is 11.1 Å². The second-order valence-electron chi connectivity index (χ2n) is 7.15. The molecule has 0 aromatic carbocycles. The molecule has 0 spiro atoms. The van der Waals surface area contributed by atoms with Gasteiger partial charge in [-0.25, -0.2) is 0 Å². The zero-order chi connectivity index (χ0) is 14.1. The fourth-order valence-corrected chi connectivity index (χ4v) is 3.71. The van der Waals surface area contributed by atoms with E-state index >= 15 is 0 Å². The molecule has 1 heterocycles. The van der Waals surface area contributed by atoms with Crippen molar-refractivity contribution < 1.29 is 4.79 Å². The van der Waals surface area contributed by atoms with Gasteiger partial charge in [0.15, 0.2) is 0 Å². The van der Waals surface area contributed by atoms with Gasteiger partial charge in [0.25, 0.3) is 0 Å². The van der Waals surface area contributed by atoms with Crippen LogP contribution in [0.5, 0.6) is 0 Å². The number of nitrogens with one attached hydrogen (secondary N) is 1. The Morgan fingerprint density at radius 3 is 2.58 bits per heavy atom. The zero-order valence-corrected chi connectivity index (χ0v) is 12.7. The summed E-state index contributed by atoms with van der Waals surface area (Å²) in [6.07, 6.45) is 6.68. The van der Waals surface area contributed by atoms with E-state index in [1.807, 2.05) is 7.05 Å². The maximum Gasteiger partial charge on any atom is 0.237 e. The summed E-state index contributed by atoms with van der Waals surface area (Å²) in [5, 5.41) is 3.18. The number of hydrogen-bond acceptors (Lipinski definition) is 3. The molecule has 0 bridgehead atoms. The highest BCUT2D eigenvalue weighted by atomic mass is 16.1. The maximum atomic E-state index is 11.7. The number of nitrogens with two attached hydrogens (primary N) is 1. The van der Waals surface area contributed by atoms with E-state index in [-0.39, 0.29) is 5.91 Å². The molecule has 3 N–H and O–H groups in total. The number of likely N-dealkylation sites (N-methyl/N-ethyl adjacent to an activating group) is 1. The average Bonchev–Trinajstić information content (AvgIpc) is 2.71. The first-order valence-electron chi connectivity index (χ1n) is 7.61. The highest BCUT2D eigenvalue weighted by Gasteiger charge is 2.44. The van der Waals surface area contributed by atoms with E-state index in [0.717, 1.165) is 25.8 Å². The van der Waals surface area contributed by atoms with Crippen LogP contribution in [0.3, 0.4) is 0 Å². The summed E-state index contributed by atoms with van der Waals surface area (Å²) in [6, 6.07) is 0.522. The Bertz CT molecular complexity index is 342. The molecule has 1 aliphatic heterocycles. The Hall–Kier alpha value is -0.610. The van der Waals surface area contributed by atoms with Crippen LogP contribution in [-0.2, 0) is 4.79 Å². The van der Waals surface area contributed by atoms with Crippen LogP contribution in [0.2, 0.25) is 0 Å². The molecule has 2 fully saturated rings. The van der Waals surface area contributed by atoms with E-state index < -0.39 is 5.54 Å². The Morgan fingerprint density at radius 1 is 1.26 bits per heavy atom. The molecule has 0 aromatic rings. The molecule has 1 aliphatic carbocycles. The molecule has 2 rings (SSSR count). The van der Waals surface area contributed by atoms with Crippen molar-refractivity contribution in [3.05, 3.63) is 0 Å². The molecular formula is C15H29N3O. The Morgan fingerprint density at radius 2 is 2.00 bits per heavy atom. The van der Waals surface area contributed by atoms with Gasteiger partial charge in [-0.15, -0.1) is 0 Å². The summed E-state index contributed by atoms with van der Waals surface area (Å²) >= 11 is 0. The minimum Gasteiger partial charge on any atom is -0.368 e. The predicted molar refractivity (Wildman–Crippen MR) is 77.8 cm³/mol. The number of carbonyl (C=O) groups is 1. The SMILES string of the molecule is CNC1(C(N)=O)CCC(N2CCCC(C)(C)CC2)C1. The predicted octanol–water partition coefficient (Wildman–Crippen LogP) is 1.49. The smallest absolute Gasteiger partial charge is 0.237 e. The van der Waals surface area contributed by atoms with E-state index in [0.29, 0.717) is 11.5 Å². The van der Waals surface area contributed by atoms with Gasteiger partial charge in [-0.05, 0) is 64.1 Å². The molecule has 4 nitrogen and oxygen atoms in total. The van der Waals surface area contributed by atoms with Crippen molar-refractivity contribution in [1.82, 2.24) is 10.2 Å². The normalized spacial score (nSPS) is 36.1. The lowest BCUT2D eigenvalue weighted by Gasteiger charge is -2.30. The maximum absolute atomic E-state index is 11.7. The van der Waals surface area contributed by atoms with Gasteiger partial charge in [-0.1, -0.05) is 13.8 Å². The van der Waals surface area contributed by atoms with Crippen molar-refractivity contribution in [2.45, 2.75) is 64.0 Å². The third-order valence-corrected chi connectivity index (χ3v) is 5.33. The van der Waals surface area contributed by atoms with Crippen LogP contribution in [0.4, 0.5) is 0 Å². The number of likely N-dealkylation sites (tertiary alicyclic amines) is 1. The van der Waals surface area contributed by atoms with Crippen molar-refractivity contribution in [3.8, 4) is 0 Å². The summed E-state index contributed by atoms with van der Waals surface area (Å²) < 4.78 is 0. The highest BCUT2D eigenvalue weighted by Crippen LogP contribution is 2.36. The van der Waals surface area contributed by atoms with Crippen LogP contribution in [0, 0.1) is 5.41 Å². The zero-order valence-electron chi connectivity index (χ0n) is 12.7. The van der Waals surface area contributed by atoms with E-state index in [1.54, 1.807) is 0 Å². The fourth-order valence-electron chi connectivity index (χ4n) is 3.71. The number of hydrogen-bond donors (Lipinski definition) is 2. The van der Waals surface area contributed by atoms with Crippen LogP contribution in [0.15, 0.2) is 0 Å². The van der Waals surface area contributed by atoms with Gasteiger partial charge in [0.05, 0.1) is 5.54 Å². The summed E-state index contributed by atoms with van der Waals surface area (Å²) in [5.41, 5.74) is 5.59. The third-order valence-electron chi connectivity index (χ3n) is 5.33. The van der Waals surface area contributed by atoms with Crippen LogP contribution < -0.4 is 11.1 Å².